The van der Waals surface area contributed by atoms with Gasteiger partial charge in [-0.3, -0.25) is 14.4 Å². The van der Waals surface area contributed by atoms with Crippen molar-refractivity contribution in [2.75, 3.05) is 25.3 Å². The summed E-state index contributed by atoms with van der Waals surface area (Å²) in [6.45, 7) is 2.28. The lowest BCUT2D eigenvalue weighted by molar-refractivity contribution is -0.131. The van der Waals surface area contributed by atoms with E-state index in [0.29, 0.717) is 22.9 Å². The fourth-order valence-electron chi connectivity index (χ4n) is 3.77. The van der Waals surface area contributed by atoms with Crippen LogP contribution in [0.1, 0.15) is 18.9 Å². The van der Waals surface area contributed by atoms with Crippen LogP contribution in [0.4, 0.5) is 5.69 Å². The molecule has 2 aliphatic rings. The number of rotatable bonds is 7. The molecule has 0 aromatic heterocycles. The van der Waals surface area contributed by atoms with Crippen molar-refractivity contribution in [1.82, 2.24) is 10.6 Å². The SMILES string of the molecule is COc1ccccc1CNC(=O)[C@H](C)NC(=O)[C@@H]1CC(=O)N(c2ccc3c(c2)OCO3)C1. The lowest BCUT2D eigenvalue weighted by Crippen LogP contribution is -2.47. The van der Waals surface area contributed by atoms with Crippen LogP contribution in [0, 0.1) is 5.92 Å². The van der Waals surface area contributed by atoms with Crippen LogP contribution in [0.25, 0.3) is 0 Å². The highest BCUT2D eigenvalue weighted by molar-refractivity contribution is 6.01. The number of para-hydroxylation sites is 1. The summed E-state index contributed by atoms with van der Waals surface area (Å²) < 4.78 is 15.9. The first-order valence-electron chi connectivity index (χ1n) is 10.4. The van der Waals surface area contributed by atoms with Gasteiger partial charge in [0, 0.05) is 36.8 Å². The first kappa shape index (κ1) is 21.5. The van der Waals surface area contributed by atoms with Crippen LogP contribution in [0.2, 0.25) is 0 Å². The molecule has 0 saturated carbocycles. The maximum absolute atomic E-state index is 12.7. The summed E-state index contributed by atoms with van der Waals surface area (Å²) in [5.41, 5.74) is 1.49. The van der Waals surface area contributed by atoms with Gasteiger partial charge in [0.25, 0.3) is 0 Å². The molecule has 0 spiro atoms. The highest BCUT2D eigenvalue weighted by Gasteiger charge is 2.36. The molecule has 1 saturated heterocycles. The number of carbonyl (C=O) groups is 3. The standard InChI is InChI=1S/C23H25N3O6/c1-14(22(28)24-11-15-5-3-4-6-18(15)30-2)25-23(29)16-9-21(27)26(12-16)17-7-8-19-20(10-17)32-13-31-19/h3-8,10,14,16H,9,11-13H2,1-2H3,(H,24,28)(H,25,29)/t14-,16+/m0/s1. The Morgan fingerprint density at radius 3 is 2.78 bits per heavy atom. The number of ether oxygens (including phenoxy) is 3. The van der Waals surface area contributed by atoms with Crippen LogP contribution in [0.3, 0.4) is 0 Å². The van der Waals surface area contributed by atoms with Gasteiger partial charge in [0.2, 0.25) is 24.5 Å². The van der Waals surface area contributed by atoms with E-state index in [1.54, 1.807) is 37.1 Å². The molecule has 0 unspecified atom stereocenters. The van der Waals surface area contributed by atoms with Gasteiger partial charge in [0.1, 0.15) is 11.8 Å². The maximum atomic E-state index is 12.7. The molecule has 32 heavy (non-hydrogen) atoms. The van der Waals surface area contributed by atoms with Crippen molar-refractivity contribution in [2.45, 2.75) is 25.9 Å². The number of nitrogens with zero attached hydrogens (tertiary/aromatic N) is 1. The summed E-state index contributed by atoms with van der Waals surface area (Å²) in [5.74, 6) is 0.529. The number of hydrogen-bond acceptors (Lipinski definition) is 6. The third kappa shape index (κ3) is 4.46. The number of carbonyl (C=O) groups excluding carboxylic acids is 3. The fraction of sp³-hybridized carbons (Fsp3) is 0.348. The van der Waals surface area contributed by atoms with Gasteiger partial charge < -0.3 is 29.7 Å². The third-order valence-corrected chi connectivity index (χ3v) is 5.56. The second kappa shape index (κ2) is 9.17. The molecule has 0 radical (unpaired) electrons. The second-order valence-electron chi connectivity index (χ2n) is 7.70. The smallest absolute Gasteiger partial charge is 0.242 e. The van der Waals surface area contributed by atoms with E-state index in [4.69, 9.17) is 14.2 Å². The number of hydrogen-bond donors (Lipinski definition) is 2. The second-order valence-corrected chi connectivity index (χ2v) is 7.70. The molecule has 2 aromatic carbocycles. The lowest BCUT2D eigenvalue weighted by Gasteiger charge is -2.19. The molecule has 2 aromatic rings. The Morgan fingerprint density at radius 1 is 1.19 bits per heavy atom. The molecule has 3 amide bonds. The van der Waals surface area contributed by atoms with E-state index >= 15 is 0 Å². The van der Waals surface area contributed by atoms with Gasteiger partial charge in [0.05, 0.1) is 13.0 Å². The first-order chi connectivity index (χ1) is 15.5. The molecular weight excluding hydrogens is 414 g/mol. The van der Waals surface area contributed by atoms with Crippen molar-refractivity contribution in [3.05, 3.63) is 48.0 Å². The lowest BCUT2D eigenvalue weighted by atomic mass is 10.1. The molecule has 2 aliphatic heterocycles. The largest absolute Gasteiger partial charge is 0.496 e. The van der Waals surface area contributed by atoms with Gasteiger partial charge in [-0.2, -0.15) is 0 Å². The van der Waals surface area contributed by atoms with Gasteiger partial charge in [-0.1, -0.05) is 18.2 Å². The summed E-state index contributed by atoms with van der Waals surface area (Å²) in [7, 11) is 1.57. The predicted molar refractivity (Wildman–Crippen MR) is 115 cm³/mol. The number of methoxy groups -OCH3 is 1. The van der Waals surface area contributed by atoms with E-state index < -0.39 is 12.0 Å². The average molecular weight is 439 g/mol. The van der Waals surface area contributed by atoms with Gasteiger partial charge in [-0.15, -0.1) is 0 Å². The maximum Gasteiger partial charge on any atom is 0.242 e. The molecular formula is C23H25N3O6. The number of benzene rings is 2. The molecule has 2 heterocycles. The predicted octanol–water partition coefficient (Wildman–Crippen LogP) is 1.60. The molecule has 168 valence electrons. The number of fused-ring (bicyclic) bond motifs is 1. The molecule has 2 atom stereocenters. The zero-order valence-corrected chi connectivity index (χ0v) is 17.9. The summed E-state index contributed by atoms with van der Waals surface area (Å²) in [5, 5.41) is 5.51. The van der Waals surface area contributed by atoms with Crippen LogP contribution in [0.5, 0.6) is 17.2 Å². The molecule has 2 N–H and O–H groups in total. The van der Waals surface area contributed by atoms with E-state index in [9.17, 15) is 14.4 Å². The van der Waals surface area contributed by atoms with Crippen LogP contribution < -0.4 is 29.7 Å². The van der Waals surface area contributed by atoms with E-state index in [0.717, 1.165) is 5.56 Å². The molecule has 4 rings (SSSR count). The Hall–Kier alpha value is -3.75. The highest BCUT2D eigenvalue weighted by Crippen LogP contribution is 2.37. The summed E-state index contributed by atoms with van der Waals surface area (Å²) in [4.78, 5) is 39.2. The van der Waals surface area contributed by atoms with Crippen molar-refractivity contribution in [2.24, 2.45) is 5.92 Å². The monoisotopic (exact) mass is 439 g/mol. The van der Waals surface area contributed by atoms with E-state index in [1.807, 2.05) is 24.3 Å². The Kier molecular flexibility index (Phi) is 6.16. The Balaban J connectivity index is 1.31. The zero-order valence-electron chi connectivity index (χ0n) is 17.9. The van der Waals surface area contributed by atoms with Crippen LogP contribution in [0.15, 0.2) is 42.5 Å². The normalized spacial score (nSPS) is 17.8. The Labute approximate surface area is 185 Å². The molecule has 0 bridgehead atoms. The summed E-state index contributed by atoms with van der Waals surface area (Å²) in [6, 6.07) is 11.9. The van der Waals surface area contributed by atoms with Gasteiger partial charge in [-0.25, -0.2) is 0 Å². The minimum atomic E-state index is -0.744. The van der Waals surface area contributed by atoms with Crippen molar-refractivity contribution in [3.63, 3.8) is 0 Å². The minimum Gasteiger partial charge on any atom is -0.496 e. The van der Waals surface area contributed by atoms with E-state index in [1.165, 1.54) is 0 Å². The quantitative estimate of drug-likeness (QED) is 0.679. The molecule has 9 heteroatoms. The minimum absolute atomic E-state index is 0.0792. The van der Waals surface area contributed by atoms with Gasteiger partial charge in [0.15, 0.2) is 11.5 Å². The molecule has 9 nitrogen and oxygen atoms in total. The van der Waals surface area contributed by atoms with Crippen molar-refractivity contribution in [3.8, 4) is 17.2 Å². The first-order valence-corrected chi connectivity index (χ1v) is 10.4. The van der Waals surface area contributed by atoms with Gasteiger partial charge in [-0.05, 0) is 25.1 Å². The van der Waals surface area contributed by atoms with Crippen molar-refractivity contribution < 1.29 is 28.6 Å². The molecule has 1 fully saturated rings. The van der Waals surface area contributed by atoms with Crippen LogP contribution in [-0.4, -0.2) is 44.2 Å². The Bertz CT molecular complexity index is 1040. The van der Waals surface area contributed by atoms with Gasteiger partial charge >= 0.3 is 0 Å². The summed E-state index contributed by atoms with van der Waals surface area (Å²) >= 11 is 0. The van der Waals surface area contributed by atoms with Crippen LogP contribution in [-0.2, 0) is 20.9 Å². The molecule has 0 aliphatic carbocycles. The number of anilines is 1. The van der Waals surface area contributed by atoms with E-state index in [2.05, 4.69) is 10.6 Å². The highest BCUT2D eigenvalue weighted by atomic mass is 16.7. The van der Waals surface area contributed by atoms with Crippen molar-refractivity contribution in [1.29, 1.82) is 0 Å². The zero-order chi connectivity index (χ0) is 22.7. The summed E-state index contributed by atoms with van der Waals surface area (Å²) in [6.07, 6.45) is 0.0792. The average Bonchev–Trinajstić information content (AvgIpc) is 3.43. The topological polar surface area (TPSA) is 106 Å². The Morgan fingerprint density at radius 2 is 1.97 bits per heavy atom. The fourth-order valence-corrected chi connectivity index (χ4v) is 3.77. The third-order valence-electron chi connectivity index (χ3n) is 5.56. The number of nitrogens with one attached hydrogen (secondary N) is 2. The van der Waals surface area contributed by atoms with Crippen molar-refractivity contribution >= 4 is 23.4 Å². The van der Waals surface area contributed by atoms with E-state index in [-0.39, 0.29) is 44.0 Å². The number of amides is 3. The van der Waals surface area contributed by atoms with Crippen LogP contribution >= 0.6 is 0 Å².